The SMILES string of the molecule is CCOC1CC(Nc2ccc(N(C)C)nc2)C1OC. The summed E-state index contributed by atoms with van der Waals surface area (Å²) in [5.74, 6) is 0.953. The Hall–Kier alpha value is -1.33. The van der Waals surface area contributed by atoms with Crippen LogP contribution in [0.5, 0.6) is 0 Å². The molecule has 0 saturated heterocycles. The Morgan fingerprint density at radius 3 is 2.74 bits per heavy atom. The molecule has 3 atom stereocenters. The molecule has 1 aliphatic carbocycles. The normalized spacial score (nSPS) is 25.8. The first-order valence-corrected chi connectivity index (χ1v) is 6.70. The Kier molecular flexibility index (Phi) is 4.61. The molecule has 3 unspecified atom stereocenters. The summed E-state index contributed by atoms with van der Waals surface area (Å²) in [5.41, 5.74) is 1.02. The first kappa shape index (κ1) is 14.1. The molecule has 5 nitrogen and oxygen atoms in total. The molecule has 0 spiro atoms. The Balaban J connectivity index is 1.91. The molecule has 2 rings (SSSR count). The zero-order chi connectivity index (χ0) is 13.8. The molecule has 1 fully saturated rings. The molecule has 1 aliphatic rings. The highest BCUT2D eigenvalue weighted by Crippen LogP contribution is 2.29. The lowest BCUT2D eigenvalue weighted by molar-refractivity contribution is -0.118. The number of nitrogens with zero attached hydrogens (tertiary/aromatic N) is 2. The molecular weight excluding hydrogens is 242 g/mol. The van der Waals surface area contributed by atoms with Gasteiger partial charge in [0, 0.05) is 27.8 Å². The van der Waals surface area contributed by atoms with Gasteiger partial charge in [-0.25, -0.2) is 4.98 Å². The van der Waals surface area contributed by atoms with Crippen LogP contribution in [0.4, 0.5) is 11.5 Å². The Labute approximate surface area is 114 Å². The summed E-state index contributed by atoms with van der Waals surface area (Å²) in [5, 5.41) is 3.45. The molecule has 0 aromatic carbocycles. The zero-order valence-corrected chi connectivity index (χ0v) is 12.1. The maximum atomic E-state index is 5.61. The van der Waals surface area contributed by atoms with Crippen molar-refractivity contribution in [2.45, 2.75) is 31.6 Å². The van der Waals surface area contributed by atoms with E-state index < -0.39 is 0 Å². The van der Waals surface area contributed by atoms with Crippen LogP contribution in [-0.2, 0) is 9.47 Å². The number of rotatable bonds is 6. The monoisotopic (exact) mass is 265 g/mol. The van der Waals surface area contributed by atoms with Crippen LogP contribution in [-0.4, -0.2) is 51.0 Å². The zero-order valence-electron chi connectivity index (χ0n) is 12.1. The predicted octanol–water partition coefficient (Wildman–Crippen LogP) is 1.75. The Bertz CT molecular complexity index is 394. The van der Waals surface area contributed by atoms with E-state index in [4.69, 9.17) is 9.47 Å². The molecule has 106 valence electrons. The number of aromatic nitrogens is 1. The van der Waals surface area contributed by atoms with Crippen molar-refractivity contribution in [1.29, 1.82) is 0 Å². The van der Waals surface area contributed by atoms with E-state index in [-0.39, 0.29) is 12.2 Å². The Morgan fingerprint density at radius 1 is 1.42 bits per heavy atom. The van der Waals surface area contributed by atoms with Gasteiger partial charge in [-0.05, 0) is 25.5 Å². The fourth-order valence-corrected chi connectivity index (χ4v) is 2.37. The first-order valence-electron chi connectivity index (χ1n) is 6.70. The third-order valence-electron chi connectivity index (χ3n) is 3.46. The minimum absolute atomic E-state index is 0.119. The highest BCUT2D eigenvalue weighted by Gasteiger charge is 2.42. The number of anilines is 2. The van der Waals surface area contributed by atoms with Gasteiger partial charge >= 0.3 is 0 Å². The highest BCUT2D eigenvalue weighted by molar-refractivity contribution is 5.49. The highest BCUT2D eigenvalue weighted by atomic mass is 16.5. The molecule has 0 amide bonds. The molecule has 0 radical (unpaired) electrons. The number of hydrogen-bond donors (Lipinski definition) is 1. The summed E-state index contributed by atoms with van der Waals surface area (Å²) in [6.07, 6.45) is 3.16. The molecule has 5 heteroatoms. The summed E-state index contributed by atoms with van der Waals surface area (Å²) >= 11 is 0. The molecule has 1 heterocycles. The first-order chi connectivity index (χ1) is 9.15. The van der Waals surface area contributed by atoms with Crippen molar-refractivity contribution in [3.8, 4) is 0 Å². The minimum atomic E-state index is 0.119. The van der Waals surface area contributed by atoms with Crippen LogP contribution in [0.1, 0.15) is 13.3 Å². The molecule has 1 aromatic rings. The lowest BCUT2D eigenvalue weighted by Gasteiger charge is -2.43. The van der Waals surface area contributed by atoms with Crippen LogP contribution in [0.25, 0.3) is 0 Å². The topological polar surface area (TPSA) is 46.6 Å². The largest absolute Gasteiger partial charge is 0.378 e. The standard InChI is InChI=1S/C14H23N3O2/c1-5-19-12-8-11(14(12)18-4)16-10-6-7-13(15-9-10)17(2)3/h6-7,9,11-12,14,16H,5,8H2,1-4H3. The summed E-state index contributed by atoms with van der Waals surface area (Å²) in [7, 11) is 5.70. The van der Waals surface area contributed by atoms with Gasteiger partial charge in [-0.3, -0.25) is 0 Å². The van der Waals surface area contributed by atoms with Crippen LogP contribution in [0.3, 0.4) is 0 Å². The number of hydrogen-bond acceptors (Lipinski definition) is 5. The van der Waals surface area contributed by atoms with E-state index in [9.17, 15) is 0 Å². The molecule has 1 N–H and O–H groups in total. The minimum Gasteiger partial charge on any atom is -0.378 e. The van der Waals surface area contributed by atoms with Crippen molar-refractivity contribution in [3.05, 3.63) is 18.3 Å². The molecular formula is C14H23N3O2. The van der Waals surface area contributed by atoms with Crippen molar-refractivity contribution in [1.82, 2.24) is 4.98 Å². The van der Waals surface area contributed by atoms with Gasteiger partial charge in [0.25, 0.3) is 0 Å². The molecule has 0 bridgehead atoms. The van der Waals surface area contributed by atoms with Gasteiger partial charge in [0.2, 0.25) is 0 Å². The van der Waals surface area contributed by atoms with Crippen LogP contribution in [0, 0.1) is 0 Å². The smallest absolute Gasteiger partial charge is 0.128 e. The van der Waals surface area contributed by atoms with Gasteiger partial charge < -0.3 is 19.7 Å². The van der Waals surface area contributed by atoms with E-state index in [1.54, 1.807) is 7.11 Å². The van der Waals surface area contributed by atoms with E-state index >= 15 is 0 Å². The van der Waals surface area contributed by atoms with Crippen LogP contribution in [0.15, 0.2) is 18.3 Å². The van der Waals surface area contributed by atoms with Gasteiger partial charge in [0.1, 0.15) is 11.9 Å². The van der Waals surface area contributed by atoms with E-state index in [1.807, 2.05) is 44.2 Å². The second-order valence-electron chi connectivity index (χ2n) is 4.98. The molecule has 1 saturated carbocycles. The fraction of sp³-hybridized carbons (Fsp3) is 0.643. The maximum Gasteiger partial charge on any atom is 0.128 e. The van der Waals surface area contributed by atoms with Crippen LogP contribution in [0.2, 0.25) is 0 Å². The summed E-state index contributed by atoms with van der Waals surface area (Å²) in [6, 6.07) is 4.35. The van der Waals surface area contributed by atoms with E-state index in [2.05, 4.69) is 10.3 Å². The van der Waals surface area contributed by atoms with Crippen LogP contribution < -0.4 is 10.2 Å². The summed E-state index contributed by atoms with van der Waals surface area (Å²) in [4.78, 5) is 6.37. The van der Waals surface area contributed by atoms with Gasteiger partial charge in [0.15, 0.2) is 0 Å². The van der Waals surface area contributed by atoms with Crippen molar-refractivity contribution in [3.63, 3.8) is 0 Å². The second kappa shape index (κ2) is 6.21. The van der Waals surface area contributed by atoms with Gasteiger partial charge in [-0.15, -0.1) is 0 Å². The van der Waals surface area contributed by atoms with E-state index in [0.717, 1.165) is 24.5 Å². The summed E-state index contributed by atoms with van der Waals surface area (Å²) in [6.45, 7) is 2.74. The van der Waals surface area contributed by atoms with Crippen molar-refractivity contribution in [2.75, 3.05) is 38.0 Å². The Morgan fingerprint density at radius 2 is 2.21 bits per heavy atom. The predicted molar refractivity (Wildman–Crippen MR) is 76.8 cm³/mol. The number of nitrogens with one attached hydrogen (secondary N) is 1. The molecule has 19 heavy (non-hydrogen) atoms. The lowest BCUT2D eigenvalue weighted by Crippen LogP contribution is -2.56. The quantitative estimate of drug-likeness (QED) is 0.849. The van der Waals surface area contributed by atoms with Gasteiger partial charge in [-0.1, -0.05) is 0 Å². The second-order valence-corrected chi connectivity index (χ2v) is 4.98. The lowest BCUT2D eigenvalue weighted by atomic mass is 9.85. The number of ether oxygens (including phenoxy) is 2. The maximum absolute atomic E-state index is 5.61. The van der Waals surface area contributed by atoms with Gasteiger partial charge in [-0.2, -0.15) is 0 Å². The van der Waals surface area contributed by atoms with E-state index in [1.165, 1.54) is 0 Å². The average Bonchev–Trinajstić information content (AvgIpc) is 2.38. The van der Waals surface area contributed by atoms with Gasteiger partial charge in [0.05, 0.1) is 24.0 Å². The van der Waals surface area contributed by atoms with E-state index in [0.29, 0.717) is 6.04 Å². The molecule has 0 aliphatic heterocycles. The third kappa shape index (κ3) is 3.16. The third-order valence-corrected chi connectivity index (χ3v) is 3.46. The van der Waals surface area contributed by atoms with Crippen LogP contribution >= 0.6 is 0 Å². The fourth-order valence-electron chi connectivity index (χ4n) is 2.37. The average molecular weight is 265 g/mol. The summed E-state index contributed by atoms with van der Waals surface area (Å²) < 4.78 is 11.1. The van der Waals surface area contributed by atoms with Crippen molar-refractivity contribution < 1.29 is 9.47 Å². The number of pyridine rings is 1. The van der Waals surface area contributed by atoms with Crippen molar-refractivity contribution in [2.24, 2.45) is 0 Å². The number of methoxy groups -OCH3 is 1. The van der Waals surface area contributed by atoms with Crippen molar-refractivity contribution >= 4 is 11.5 Å². The molecule has 1 aromatic heterocycles.